The lowest BCUT2D eigenvalue weighted by Crippen LogP contribution is -2.09. The highest BCUT2D eigenvalue weighted by atomic mass is 35.5. The molecule has 0 radical (unpaired) electrons. The van der Waals surface area contributed by atoms with Crippen molar-refractivity contribution in [2.24, 2.45) is 0 Å². The number of aryl methyl sites for hydroxylation is 2. The van der Waals surface area contributed by atoms with Crippen LogP contribution in [0.1, 0.15) is 21.7 Å². The van der Waals surface area contributed by atoms with Gasteiger partial charge in [-0.3, -0.25) is 0 Å². The van der Waals surface area contributed by atoms with Crippen LogP contribution in [0, 0.1) is 13.8 Å². The van der Waals surface area contributed by atoms with Crippen LogP contribution in [0.5, 0.6) is 0 Å². The Bertz CT molecular complexity index is 629. The number of nitrogens with zero attached hydrogens (tertiary/aromatic N) is 2. The van der Waals surface area contributed by atoms with Crippen LogP contribution >= 0.6 is 24.5 Å². The summed E-state index contributed by atoms with van der Waals surface area (Å²) < 4.78 is 4.52. The molecule has 0 aliphatic heterocycles. The molecule has 1 aromatic carbocycles. The topological polar surface area (TPSA) is 52.1 Å². The average molecular weight is 295 g/mol. The molecule has 0 unspecified atom stereocenters. The van der Waals surface area contributed by atoms with Crippen molar-refractivity contribution < 1.29 is 8.98 Å². The van der Waals surface area contributed by atoms with E-state index in [4.69, 9.17) is 11.6 Å². The Morgan fingerprint density at radius 2 is 1.74 bits per heavy atom. The number of hydrogen-bond donors (Lipinski definition) is 1. The Morgan fingerprint density at radius 1 is 1.16 bits per heavy atom. The second kappa shape index (κ2) is 5.59. The summed E-state index contributed by atoms with van der Waals surface area (Å²) in [6, 6.07) is 7.14. The van der Waals surface area contributed by atoms with Crippen molar-refractivity contribution in [3.8, 4) is 11.1 Å². The third-order valence-electron chi connectivity index (χ3n) is 2.74. The lowest BCUT2D eigenvalue weighted by molar-refractivity contribution is 0.0771. The van der Waals surface area contributed by atoms with Crippen LogP contribution in [0.3, 0.4) is 0 Å². The van der Waals surface area contributed by atoms with Crippen LogP contribution in [0.15, 0.2) is 24.3 Å². The minimum absolute atomic E-state index is 0.366. The standard InChI is InChI=1S/C13H11ClN2O2S/c1-7-11(9-3-5-10(14)6-4-9)12(13(17)18-19)8(2)16-15-7/h3-6,19H,1-2H3. The van der Waals surface area contributed by atoms with E-state index in [1.807, 2.05) is 12.1 Å². The first-order chi connectivity index (χ1) is 9.04. The fourth-order valence-electron chi connectivity index (χ4n) is 1.88. The molecule has 98 valence electrons. The minimum Gasteiger partial charge on any atom is -0.391 e. The molecule has 0 saturated carbocycles. The number of carbonyl (C=O) groups is 1. The van der Waals surface area contributed by atoms with E-state index in [-0.39, 0.29) is 0 Å². The van der Waals surface area contributed by atoms with Crippen molar-refractivity contribution in [1.29, 1.82) is 0 Å². The maximum atomic E-state index is 11.9. The van der Waals surface area contributed by atoms with E-state index < -0.39 is 5.97 Å². The van der Waals surface area contributed by atoms with Crippen LogP contribution in [-0.4, -0.2) is 16.2 Å². The first-order valence-electron chi connectivity index (χ1n) is 5.50. The summed E-state index contributed by atoms with van der Waals surface area (Å²) in [4.78, 5) is 11.9. The third kappa shape index (κ3) is 2.72. The Labute approximate surface area is 121 Å². The summed E-state index contributed by atoms with van der Waals surface area (Å²) in [6.07, 6.45) is 0. The molecule has 4 nitrogen and oxygen atoms in total. The van der Waals surface area contributed by atoms with E-state index in [9.17, 15) is 4.79 Å². The normalized spacial score (nSPS) is 10.3. The van der Waals surface area contributed by atoms with Crippen LogP contribution < -0.4 is 0 Å². The van der Waals surface area contributed by atoms with Crippen LogP contribution in [-0.2, 0) is 4.18 Å². The molecular formula is C13H11ClN2O2S. The molecule has 0 aliphatic rings. The van der Waals surface area contributed by atoms with Gasteiger partial charge in [0.2, 0.25) is 0 Å². The fourth-order valence-corrected chi connectivity index (χ4v) is 2.09. The number of benzene rings is 1. The smallest absolute Gasteiger partial charge is 0.352 e. The number of rotatable bonds is 2. The molecule has 0 N–H and O–H groups in total. The van der Waals surface area contributed by atoms with Gasteiger partial charge < -0.3 is 4.18 Å². The van der Waals surface area contributed by atoms with Crippen molar-refractivity contribution in [3.63, 3.8) is 0 Å². The molecular weight excluding hydrogens is 284 g/mol. The van der Waals surface area contributed by atoms with Gasteiger partial charge in [0.25, 0.3) is 0 Å². The second-order valence-electron chi connectivity index (χ2n) is 4.01. The van der Waals surface area contributed by atoms with Gasteiger partial charge in [-0.1, -0.05) is 23.7 Å². The Kier molecular flexibility index (Phi) is 4.07. The molecule has 1 aromatic heterocycles. The Hall–Kier alpha value is -1.59. The van der Waals surface area contributed by atoms with Crippen LogP contribution in [0.4, 0.5) is 0 Å². The Balaban J connectivity index is 2.70. The van der Waals surface area contributed by atoms with Gasteiger partial charge in [-0.15, -0.1) is 0 Å². The number of thiol groups is 1. The predicted octanol–water partition coefficient (Wildman–Crippen LogP) is 3.42. The van der Waals surface area contributed by atoms with Gasteiger partial charge in [-0.25, -0.2) is 4.79 Å². The van der Waals surface area contributed by atoms with Crippen LogP contribution in [0.25, 0.3) is 11.1 Å². The summed E-state index contributed by atoms with van der Waals surface area (Å²) in [6.45, 7) is 3.48. The molecule has 6 heteroatoms. The largest absolute Gasteiger partial charge is 0.391 e. The zero-order valence-electron chi connectivity index (χ0n) is 10.3. The van der Waals surface area contributed by atoms with E-state index in [0.717, 1.165) is 5.56 Å². The van der Waals surface area contributed by atoms with Gasteiger partial charge in [0, 0.05) is 23.5 Å². The van der Waals surface area contributed by atoms with Gasteiger partial charge in [-0.05, 0) is 31.5 Å². The number of halogens is 1. The van der Waals surface area contributed by atoms with E-state index in [1.165, 1.54) is 0 Å². The highest BCUT2D eigenvalue weighted by Gasteiger charge is 2.20. The fraction of sp³-hybridized carbons (Fsp3) is 0.154. The molecule has 0 saturated heterocycles. The SMILES string of the molecule is Cc1nnc(C)c(-c2ccc(Cl)cc2)c1C(=O)OS. The van der Waals surface area contributed by atoms with E-state index in [1.54, 1.807) is 26.0 Å². The lowest BCUT2D eigenvalue weighted by Gasteiger charge is -2.11. The quantitative estimate of drug-likeness (QED) is 0.681. The lowest BCUT2D eigenvalue weighted by atomic mass is 9.98. The zero-order chi connectivity index (χ0) is 14.0. The predicted molar refractivity (Wildman–Crippen MR) is 76.4 cm³/mol. The highest BCUT2D eigenvalue weighted by Crippen LogP contribution is 2.29. The maximum Gasteiger partial charge on any atom is 0.352 e. The molecule has 0 bridgehead atoms. The van der Waals surface area contributed by atoms with E-state index >= 15 is 0 Å². The molecule has 19 heavy (non-hydrogen) atoms. The average Bonchev–Trinajstić information content (AvgIpc) is 2.41. The van der Waals surface area contributed by atoms with Gasteiger partial charge >= 0.3 is 5.97 Å². The summed E-state index contributed by atoms with van der Waals surface area (Å²) >= 11 is 9.43. The number of carbonyl (C=O) groups excluding carboxylic acids is 1. The first kappa shape index (κ1) is 13.8. The van der Waals surface area contributed by atoms with Crippen molar-refractivity contribution >= 4 is 30.5 Å². The zero-order valence-corrected chi connectivity index (χ0v) is 12.0. The molecule has 0 amide bonds. The van der Waals surface area contributed by atoms with E-state index in [0.29, 0.717) is 27.5 Å². The van der Waals surface area contributed by atoms with Crippen molar-refractivity contribution in [1.82, 2.24) is 10.2 Å². The van der Waals surface area contributed by atoms with Gasteiger partial charge in [0.05, 0.1) is 17.0 Å². The van der Waals surface area contributed by atoms with Gasteiger partial charge in [0.15, 0.2) is 0 Å². The monoisotopic (exact) mass is 294 g/mol. The second-order valence-corrected chi connectivity index (χ2v) is 4.63. The van der Waals surface area contributed by atoms with Gasteiger partial charge in [0.1, 0.15) is 0 Å². The summed E-state index contributed by atoms with van der Waals surface area (Å²) in [5, 5.41) is 8.60. The van der Waals surface area contributed by atoms with Crippen molar-refractivity contribution in [2.75, 3.05) is 0 Å². The molecule has 0 aliphatic carbocycles. The van der Waals surface area contributed by atoms with Gasteiger partial charge in [-0.2, -0.15) is 10.2 Å². The molecule has 0 atom stereocenters. The Morgan fingerprint density at radius 3 is 2.32 bits per heavy atom. The van der Waals surface area contributed by atoms with Crippen molar-refractivity contribution in [2.45, 2.75) is 13.8 Å². The number of hydrogen-bond acceptors (Lipinski definition) is 5. The number of aromatic nitrogens is 2. The molecule has 2 rings (SSSR count). The molecule has 2 aromatic rings. The van der Waals surface area contributed by atoms with Crippen LogP contribution in [0.2, 0.25) is 5.02 Å². The summed E-state index contributed by atoms with van der Waals surface area (Å²) in [5.41, 5.74) is 3.01. The summed E-state index contributed by atoms with van der Waals surface area (Å²) in [7, 11) is 0. The first-order valence-corrected chi connectivity index (χ1v) is 6.24. The molecule has 0 fully saturated rings. The van der Waals surface area contributed by atoms with E-state index in [2.05, 4.69) is 27.3 Å². The molecule has 0 spiro atoms. The highest BCUT2D eigenvalue weighted by molar-refractivity contribution is 7.75. The molecule has 1 heterocycles. The van der Waals surface area contributed by atoms with Crippen molar-refractivity contribution in [3.05, 3.63) is 46.2 Å². The third-order valence-corrected chi connectivity index (χ3v) is 3.16. The minimum atomic E-state index is -0.552. The summed E-state index contributed by atoms with van der Waals surface area (Å²) in [5.74, 6) is -0.552. The maximum absolute atomic E-state index is 11.9.